The van der Waals surface area contributed by atoms with Crippen molar-refractivity contribution < 1.29 is 4.79 Å². The lowest BCUT2D eigenvalue weighted by molar-refractivity contribution is -0.136. The number of likely N-dealkylation sites (tertiary alicyclic amines) is 1. The molecule has 0 aromatic rings. The van der Waals surface area contributed by atoms with Crippen LogP contribution in [0.25, 0.3) is 0 Å². The van der Waals surface area contributed by atoms with E-state index < -0.39 is 0 Å². The van der Waals surface area contributed by atoms with Gasteiger partial charge in [0.15, 0.2) is 0 Å². The predicted molar refractivity (Wildman–Crippen MR) is 63.8 cm³/mol. The fourth-order valence-corrected chi connectivity index (χ4v) is 3.28. The summed E-state index contributed by atoms with van der Waals surface area (Å²) in [4.78, 5) is 14.3. The summed E-state index contributed by atoms with van der Waals surface area (Å²) >= 11 is 1.82. The third-order valence-corrected chi connectivity index (χ3v) is 4.35. The maximum absolute atomic E-state index is 12.2. The second kappa shape index (κ2) is 4.74. The molecular weight excluding hydrogens is 208 g/mol. The normalized spacial score (nSPS) is 36.9. The standard InChI is InChI=1S/C11H20N2OS/c1-8-3-4-9(2)13(5-8)11(14)10-6-15-7-12-10/h8-10,12H,3-7H2,1-2H3. The Labute approximate surface area is 96.0 Å². The van der Waals surface area contributed by atoms with Gasteiger partial charge in [-0.3, -0.25) is 10.1 Å². The molecular formula is C11H20N2OS. The first-order chi connectivity index (χ1) is 7.18. The minimum Gasteiger partial charge on any atom is -0.338 e. The molecule has 0 aromatic heterocycles. The summed E-state index contributed by atoms with van der Waals surface area (Å²) in [6.45, 7) is 5.36. The number of nitrogens with zero attached hydrogens (tertiary/aromatic N) is 1. The lowest BCUT2D eigenvalue weighted by Gasteiger charge is -2.38. The van der Waals surface area contributed by atoms with Gasteiger partial charge < -0.3 is 4.90 Å². The molecule has 3 unspecified atom stereocenters. The first-order valence-corrected chi connectivity index (χ1v) is 6.95. The summed E-state index contributed by atoms with van der Waals surface area (Å²) in [5, 5.41) is 3.26. The molecule has 15 heavy (non-hydrogen) atoms. The lowest BCUT2D eigenvalue weighted by atomic mass is 9.94. The van der Waals surface area contributed by atoms with Crippen molar-refractivity contribution in [1.82, 2.24) is 10.2 Å². The van der Waals surface area contributed by atoms with Gasteiger partial charge in [0.05, 0.1) is 6.04 Å². The van der Waals surface area contributed by atoms with Crippen LogP contribution in [-0.4, -0.2) is 41.1 Å². The number of rotatable bonds is 1. The van der Waals surface area contributed by atoms with E-state index in [0.29, 0.717) is 17.9 Å². The van der Waals surface area contributed by atoms with Crippen LogP contribution in [0.1, 0.15) is 26.7 Å². The molecule has 1 N–H and O–H groups in total. The van der Waals surface area contributed by atoms with Crippen molar-refractivity contribution in [1.29, 1.82) is 0 Å². The number of hydrogen-bond acceptors (Lipinski definition) is 3. The molecule has 0 aliphatic carbocycles. The summed E-state index contributed by atoms with van der Waals surface area (Å²) in [5.74, 6) is 2.85. The molecule has 2 fully saturated rings. The van der Waals surface area contributed by atoms with Crippen molar-refractivity contribution >= 4 is 17.7 Å². The van der Waals surface area contributed by atoms with Gasteiger partial charge in [-0.1, -0.05) is 6.92 Å². The maximum atomic E-state index is 12.2. The monoisotopic (exact) mass is 228 g/mol. The predicted octanol–water partition coefficient (Wildman–Crippen LogP) is 1.30. The van der Waals surface area contributed by atoms with E-state index in [1.54, 1.807) is 0 Å². The van der Waals surface area contributed by atoms with Crippen molar-refractivity contribution in [3.63, 3.8) is 0 Å². The van der Waals surface area contributed by atoms with Crippen molar-refractivity contribution in [2.75, 3.05) is 18.2 Å². The summed E-state index contributed by atoms with van der Waals surface area (Å²) in [7, 11) is 0. The third kappa shape index (κ3) is 2.48. The largest absolute Gasteiger partial charge is 0.338 e. The van der Waals surface area contributed by atoms with Gasteiger partial charge in [0.25, 0.3) is 0 Å². The molecule has 4 heteroatoms. The lowest BCUT2D eigenvalue weighted by Crippen LogP contribution is -2.52. The highest BCUT2D eigenvalue weighted by atomic mass is 32.2. The quantitative estimate of drug-likeness (QED) is 0.734. The number of carbonyl (C=O) groups is 1. The van der Waals surface area contributed by atoms with Crippen molar-refractivity contribution in [3.05, 3.63) is 0 Å². The van der Waals surface area contributed by atoms with E-state index in [1.165, 1.54) is 6.42 Å². The molecule has 2 aliphatic rings. The highest BCUT2D eigenvalue weighted by Gasteiger charge is 2.32. The molecule has 1 amide bonds. The van der Waals surface area contributed by atoms with Gasteiger partial charge in [-0.05, 0) is 25.7 Å². The molecule has 86 valence electrons. The molecule has 0 radical (unpaired) electrons. The summed E-state index contributed by atoms with van der Waals surface area (Å²) < 4.78 is 0. The minimum absolute atomic E-state index is 0.0720. The maximum Gasteiger partial charge on any atom is 0.240 e. The van der Waals surface area contributed by atoms with Crippen LogP contribution >= 0.6 is 11.8 Å². The fraction of sp³-hybridized carbons (Fsp3) is 0.909. The van der Waals surface area contributed by atoms with Crippen LogP contribution in [0.4, 0.5) is 0 Å². The van der Waals surface area contributed by atoms with E-state index in [-0.39, 0.29) is 6.04 Å². The van der Waals surface area contributed by atoms with Crippen molar-refractivity contribution in [3.8, 4) is 0 Å². The number of hydrogen-bond donors (Lipinski definition) is 1. The third-order valence-electron chi connectivity index (χ3n) is 3.42. The fourth-order valence-electron chi connectivity index (χ4n) is 2.35. The minimum atomic E-state index is 0.0720. The van der Waals surface area contributed by atoms with E-state index in [1.807, 2.05) is 11.8 Å². The average molecular weight is 228 g/mol. The summed E-state index contributed by atoms with van der Waals surface area (Å²) in [5.41, 5.74) is 0. The Bertz CT molecular complexity index is 241. The number of piperidine rings is 1. The molecule has 2 heterocycles. The van der Waals surface area contributed by atoms with Gasteiger partial charge >= 0.3 is 0 Å². The highest BCUT2D eigenvalue weighted by molar-refractivity contribution is 7.99. The topological polar surface area (TPSA) is 32.3 Å². The van der Waals surface area contributed by atoms with Crippen LogP contribution in [-0.2, 0) is 4.79 Å². The molecule has 0 aromatic carbocycles. The molecule has 3 atom stereocenters. The Morgan fingerprint density at radius 1 is 1.40 bits per heavy atom. The van der Waals surface area contributed by atoms with Crippen molar-refractivity contribution in [2.45, 2.75) is 38.8 Å². The number of carbonyl (C=O) groups excluding carboxylic acids is 1. The van der Waals surface area contributed by atoms with Gasteiger partial charge in [0.1, 0.15) is 0 Å². The number of thioether (sulfide) groups is 1. The zero-order valence-electron chi connectivity index (χ0n) is 9.53. The van der Waals surface area contributed by atoms with Gasteiger partial charge in [-0.25, -0.2) is 0 Å². The average Bonchev–Trinajstić information content (AvgIpc) is 2.74. The van der Waals surface area contributed by atoms with Crippen LogP contribution in [0.2, 0.25) is 0 Å². The summed E-state index contributed by atoms with van der Waals surface area (Å²) in [6, 6.07) is 0.504. The van der Waals surface area contributed by atoms with Gasteiger partial charge in [0.2, 0.25) is 5.91 Å². The number of amides is 1. The van der Waals surface area contributed by atoms with Crippen LogP contribution in [0.3, 0.4) is 0 Å². The van der Waals surface area contributed by atoms with Crippen LogP contribution in [0.5, 0.6) is 0 Å². The van der Waals surface area contributed by atoms with E-state index in [2.05, 4.69) is 24.1 Å². The van der Waals surface area contributed by atoms with Crippen molar-refractivity contribution in [2.24, 2.45) is 5.92 Å². The molecule has 0 saturated carbocycles. The van der Waals surface area contributed by atoms with Gasteiger partial charge in [0, 0.05) is 24.2 Å². The zero-order valence-corrected chi connectivity index (χ0v) is 10.3. The van der Waals surface area contributed by atoms with Crippen LogP contribution in [0, 0.1) is 5.92 Å². The Morgan fingerprint density at radius 3 is 2.87 bits per heavy atom. The van der Waals surface area contributed by atoms with Crippen LogP contribution in [0.15, 0.2) is 0 Å². The zero-order chi connectivity index (χ0) is 10.8. The molecule has 2 rings (SSSR count). The second-order valence-corrected chi connectivity index (χ2v) is 5.82. The second-order valence-electron chi connectivity index (χ2n) is 4.79. The van der Waals surface area contributed by atoms with E-state index in [4.69, 9.17) is 0 Å². The molecule has 0 bridgehead atoms. The Kier molecular flexibility index (Phi) is 3.57. The molecule has 2 saturated heterocycles. The van der Waals surface area contributed by atoms with E-state index >= 15 is 0 Å². The van der Waals surface area contributed by atoms with Crippen LogP contribution < -0.4 is 5.32 Å². The first kappa shape index (κ1) is 11.3. The molecule has 3 nitrogen and oxygen atoms in total. The summed E-state index contributed by atoms with van der Waals surface area (Å²) in [6.07, 6.45) is 2.42. The SMILES string of the molecule is CC1CCC(C)N(C(=O)C2CSCN2)C1. The van der Waals surface area contributed by atoms with E-state index in [0.717, 1.165) is 24.6 Å². The molecule has 0 spiro atoms. The Hall–Kier alpha value is -0.220. The highest BCUT2D eigenvalue weighted by Crippen LogP contribution is 2.23. The van der Waals surface area contributed by atoms with Gasteiger partial charge in [-0.15, -0.1) is 11.8 Å². The first-order valence-electron chi connectivity index (χ1n) is 5.80. The Balaban J connectivity index is 1.97. The van der Waals surface area contributed by atoms with E-state index in [9.17, 15) is 4.79 Å². The Morgan fingerprint density at radius 2 is 2.20 bits per heavy atom. The van der Waals surface area contributed by atoms with Gasteiger partial charge in [-0.2, -0.15) is 0 Å². The smallest absolute Gasteiger partial charge is 0.240 e. The number of nitrogens with one attached hydrogen (secondary N) is 1. The molecule has 2 aliphatic heterocycles.